The molecule has 0 saturated carbocycles. The fourth-order valence-corrected chi connectivity index (χ4v) is 1.73. The highest BCUT2D eigenvalue weighted by molar-refractivity contribution is 5.48. The normalized spacial score (nSPS) is 16.9. The van der Waals surface area contributed by atoms with Crippen molar-refractivity contribution in [2.24, 2.45) is 0 Å². The molecule has 94 valence electrons. The molecule has 0 aliphatic carbocycles. The summed E-state index contributed by atoms with van der Waals surface area (Å²) in [7, 11) is 0. The molecule has 1 unspecified atom stereocenters. The molecule has 1 aromatic carbocycles. The Morgan fingerprint density at radius 3 is 2.94 bits per heavy atom. The van der Waals surface area contributed by atoms with Crippen LogP contribution in [0.2, 0.25) is 0 Å². The van der Waals surface area contributed by atoms with Crippen molar-refractivity contribution >= 4 is 0 Å². The summed E-state index contributed by atoms with van der Waals surface area (Å²) in [6.07, 6.45) is 0.871. The molecule has 1 heterocycles. The summed E-state index contributed by atoms with van der Waals surface area (Å²) in [6, 6.07) is 5.86. The van der Waals surface area contributed by atoms with Crippen molar-refractivity contribution in [1.82, 2.24) is 5.32 Å². The van der Waals surface area contributed by atoms with Crippen molar-refractivity contribution in [2.45, 2.75) is 32.4 Å². The molecule has 0 fully saturated rings. The largest absolute Gasteiger partial charge is 0.454 e. The van der Waals surface area contributed by atoms with E-state index in [1.54, 1.807) is 0 Å². The van der Waals surface area contributed by atoms with Crippen LogP contribution in [0.4, 0.5) is 0 Å². The summed E-state index contributed by atoms with van der Waals surface area (Å²) in [5.41, 5.74) is 0.815. The van der Waals surface area contributed by atoms with E-state index >= 15 is 0 Å². The first-order chi connectivity index (χ1) is 8.18. The molecule has 4 nitrogen and oxygen atoms in total. The zero-order valence-electron chi connectivity index (χ0n) is 10.3. The number of ether oxygens (including phenoxy) is 2. The van der Waals surface area contributed by atoms with Gasteiger partial charge in [-0.25, -0.2) is 0 Å². The standard InChI is InChI=1S/C13H19NO3/c1-3-13(2,8-15)14-7-10-5-4-6-11-12(10)17-9-16-11/h4-6,14-15H,3,7-9H2,1-2H3. The lowest BCUT2D eigenvalue weighted by Crippen LogP contribution is -2.44. The molecule has 1 aromatic rings. The van der Waals surface area contributed by atoms with Gasteiger partial charge in [-0.3, -0.25) is 0 Å². The number of para-hydroxylation sites is 1. The van der Waals surface area contributed by atoms with Crippen LogP contribution in [0.3, 0.4) is 0 Å². The van der Waals surface area contributed by atoms with Crippen LogP contribution in [-0.4, -0.2) is 24.0 Å². The van der Waals surface area contributed by atoms with Crippen LogP contribution >= 0.6 is 0 Å². The predicted octanol–water partition coefficient (Wildman–Crippen LogP) is 1.67. The molecule has 0 bridgehead atoms. The number of fused-ring (bicyclic) bond motifs is 1. The van der Waals surface area contributed by atoms with Crippen molar-refractivity contribution in [3.05, 3.63) is 23.8 Å². The van der Waals surface area contributed by atoms with Gasteiger partial charge in [-0.05, 0) is 19.4 Å². The number of hydrogen-bond donors (Lipinski definition) is 2. The summed E-state index contributed by atoms with van der Waals surface area (Å²) >= 11 is 0. The van der Waals surface area contributed by atoms with E-state index in [2.05, 4.69) is 12.2 Å². The van der Waals surface area contributed by atoms with Crippen LogP contribution in [0.25, 0.3) is 0 Å². The third-order valence-electron chi connectivity index (χ3n) is 3.31. The van der Waals surface area contributed by atoms with Crippen molar-refractivity contribution in [3.8, 4) is 11.5 Å². The van der Waals surface area contributed by atoms with Crippen LogP contribution < -0.4 is 14.8 Å². The minimum atomic E-state index is -0.248. The van der Waals surface area contributed by atoms with Gasteiger partial charge in [0, 0.05) is 17.6 Å². The van der Waals surface area contributed by atoms with E-state index < -0.39 is 0 Å². The van der Waals surface area contributed by atoms with Gasteiger partial charge in [-0.15, -0.1) is 0 Å². The van der Waals surface area contributed by atoms with Gasteiger partial charge in [-0.1, -0.05) is 19.1 Å². The number of hydrogen-bond acceptors (Lipinski definition) is 4. The molecule has 0 aromatic heterocycles. The Balaban J connectivity index is 2.07. The lowest BCUT2D eigenvalue weighted by molar-refractivity contribution is 0.165. The first kappa shape index (κ1) is 12.2. The Hall–Kier alpha value is -1.26. The molecule has 17 heavy (non-hydrogen) atoms. The highest BCUT2D eigenvalue weighted by Crippen LogP contribution is 2.35. The van der Waals surface area contributed by atoms with E-state index in [0.717, 1.165) is 23.5 Å². The fraction of sp³-hybridized carbons (Fsp3) is 0.538. The highest BCUT2D eigenvalue weighted by Gasteiger charge is 2.22. The molecular formula is C13H19NO3. The quantitative estimate of drug-likeness (QED) is 0.818. The lowest BCUT2D eigenvalue weighted by atomic mass is 9.99. The minimum Gasteiger partial charge on any atom is -0.454 e. The summed E-state index contributed by atoms with van der Waals surface area (Å²) in [6.45, 7) is 5.14. The van der Waals surface area contributed by atoms with Crippen LogP contribution in [0.15, 0.2) is 18.2 Å². The van der Waals surface area contributed by atoms with Crippen molar-refractivity contribution < 1.29 is 14.6 Å². The van der Waals surface area contributed by atoms with Gasteiger partial charge in [-0.2, -0.15) is 0 Å². The number of nitrogens with one attached hydrogen (secondary N) is 1. The van der Waals surface area contributed by atoms with Crippen molar-refractivity contribution in [2.75, 3.05) is 13.4 Å². The van der Waals surface area contributed by atoms with Crippen LogP contribution in [-0.2, 0) is 6.54 Å². The summed E-state index contributed by atoms with van der Waals surface area (Å²) in [4.78, 5) is 0. The molecule has 0 spiro atoms. The van der Waals surface area contributed by atoms with Crippen molar-refractivity contribution in [3.63, 3.8) is 0 Å². The van der Waals surface area contributed by atoms with E-state index in [0.29, 0.717) is 6.54 Å². The second-order valence-electron chi connectivity index (χ2n) is 4.58. The molecule has 4 heteroatoms. The first-order valence-corrected chi connectivity index (χ1v) is 5.92. The van der Waals surface area contributed by atoms with Gasteiger partial charge < -0.3 is 19.9 Å². The molecule has 2 N–H and O–H groups in total. The monoisotopic (exact) mass is 237 g/mol. The molecule has 1 aliphatic rings. The predicted molar refractivity (Wildman–Crippen MR) is 65.2 cm³/mol. The number of benzene rings is 1. The second-order valence-corrected chi connectivity index (χ2v) is 4.58. The van der Waals surface area contributed by atoms with E-state index in [4.69, 9.17) is 9.47 Å². The number of aliphatic hydroxyl groups is 1. The van der Waals surface area contributed by atoms with Gasteiger partial charge in [0.05, 0.1) is 6.61 Å². The molecule has 0 radical (unpaired) electrons. The lowest BCUT2D eigenvalue weighted by Gasteiger charge is -2.27. The molecule has 0 saturated heterocycles. The van der Waals surface area contributed by atoms with E-state index in [1.807, 2.05) is 25.1 Å². The van der Waals surface area contributed by atoms with Crippen molar-refractivity contribution in [1.29, 1.82) is 0 Å². The maximum Gasteiger partial charge on any atom is 0.231 e. The topological polar surface area (TPSA) is 50.7 Å². The SMILES string of the molecule is CCC(C)(CO)NCc1cccc2c1OCO2. The Kier molecular flexibility index (Phi) is 3.54. The number of rotatable bonds is 5. The third kappa shape index (κ3) is 2.53. The first-order valence-electron chi connectivity index (χ1n) is 5.92. The zero-order chi connectivity index (χ0) is 12.3. The molecule has 2 rings (SSSR count). The van der Waals surface area contributed by atoms with Crippen LogP contribution in [0.5, 0.6) is 11.5 Å². The summed E-state index contributed by atoms with van der Waals surface area (Å²) in [5.74, 6) is 1.61. The van der Waals surface area contributed by atoms with Gasteiger partial charge in [0.1, 0.15) is 0 Å². The fourth-order valence-electron chi connectivity index (χ4n) is 1.73. The van der Waals surface area contributed by atoms with Crippen LogP contribution in [0.1, 0.15) is 25.8 Å². The average Bonchev–Trinajstić information content (AvgIpc) is 2.84. The minimum absolute atomic E-state index is 0.121. The van der Waals surface area contributed by atoms with Gasteiger partial charge in [0.2, 0.25) is 6.79 Å². The molecule has 1 atom stereocenters. The van der Waals surface area contributed by atoms with Crippen LogP contribution in [0, 0.1) is 0 Å². The Labute approximate surface area is 102 Å². The molecule has 0 amide bonds. The van der Waals surface area contributed by atoms with Gasteiger partial charge >= 0.3 is 0 Å². The molecular weight excluding hydrogens is 218 g/mol. The Morgan fingerprint density at radius 1 is 1.41 bits per heavy atom. The second kappa shape index (κ2) is 4.94. The third-order valence-corrected chi connectivity index (χ3v) is 3.31. The molecule has 1 aliphatic heterocycles. The number of aliphatic hydroxyl groups excluding tert-OH is 1. The average molecular weight is 237 g/mol. The maximum absolute atomic E-state index is 9.34. The Morgan fingerprint density at radius 2 is 2.24 bits per heavy atom. The summed E-state index contributed by atoms with van der Waals surface area (Å²) in [5, 5.41) is 12.7. The van der Waals surface area contributed by atoms with Gasteiger partial charge in [0.25, 0.3) is 0 Å². The van der Waals surface area contributed by atoms with E-state index in [1.165, 1.54) is 0 Å². The maximum atomic E-state index is 9.34. The van der Waals surface area contributed by atoms with Gasteiger partial charge in [0.15, 0.2) is 11.5 Å². The smallest absolute Gasteiger partial charge is 0.231 e. The zero-order valence-corrected chi connectivity index (χ0v) is 10.3. The van der Waals surface area contributed by atoms with E-state index in [9.17, 15) is 5.11 Å². The Bertz CT molecular complexity index is 388. The van der Waals surface area contributed by atoms with E-state index in [-0.39, 0.29) is 18.9 Å². The highest BCUT2D eigenvalue weighted by atomic mass is 16.7. The summed E-state index contributed by atoms with van der Waals surface area (Å²) < 4.78 is 10.8.